The smallest absolute Gasteiger partial charge is 0.332 e. The number of nitrogens with one attached hydrogen (secondary N) is 2. The average Bonchev–Trinajstić information content (AvgIpc) is 3.50. The fourth-order valence-electron chi connectivity index (χ4n) is 4.12. The van der Waals surface area contributed by atoms with Gasteiger partial charge in [-0.25, -0.2) is 4.79 Å². The summed E-state index contributed by atoms with van der Waals surface area (Å²) in [6.07, 6.45) is 4.98. The highest BCUT2D eigenvalue weighted by molar-refractivity contribution is 5.74. The molecule has 0 unspecified atom stereocenters. The highest BCUT2D eigenvalue weighted by Gasteiger charge is 2.25. The number of benzene rings is 1. The Bertz CT molecular complexity index is 1540. The normalized spacial score (nSPS) is 15.2. The highest BCUT2D eigenvalue weighted by Crippen LogP contribution is 2.28. The van der Waals surface area contributed by atoms with Crippen LogP contribution < -0.4 is 26.8 Å². The van der Waals surface area contributed by atoms with Crippen LogP contribution in [0.3, 0.4) is 0 Å². The number of anilines is 1. The average molecular weight is 476 g/mol. The molecule has 4 aromatic rings. The second-order valence-corrected chi connectivity index (χ2v) is 8.18. The number of para-hydroxylation sites is 1. The zero-order valence-electron chi connectivity index (χ0n) is 19.6. The third-order valence-corrected chi connectivity index (χ3v) is 5.95. The number of hydrogen-bond acceptors (Lipinski definition) is 8. The van der Waals surface area contributed by atoms with E-state index in [1.54, 1.807) is 31.1 Å². The van der Waals surface area contributed by atoms with Gasteiger partial charge in [0.1, 0.15) is 11.9 Å². The zero-order chi connectivity index (χ0) is 24.5. The number of nitrogens with zero attached hydrogens (tertiary/aromatic N) is 5. The number of pyridine rings is 1. The molecule has 0 bridgehead atoms. The minimum atomic E-state index is -0.442. The highest BCUT2D eigenvalue weighted by atomic mass is 16.7. The van der Waals surface area contributed by atoms with Crippen LogP contribution in [-0.2, 0) is 32.0 Å². The maximum Gasteiger partial charge on any atom is 0.332 e. The minimum absolute atomic E-state index is 0.283. The molecule has 3 aromatic heterocycles. The largest absolute Gasteiger partial charge is 0.496 e. The van der Waals surface area contributed by atoms with Gasteiger partial charge in [0, 0.05) is 38.6 Å². The van der Waals surface area contributed by atoms with Gasteiger partial charge in [0.25, 0.3) is 5.56 Å². The molecule has 4 heterocycles. The summed E-state index contributed by atoms with van der Waals surface area (Å²) in [6.45, 7) is 0.725. The molecule has 0 saturated heterocycles. The van der Waals surface area contributed by atoms with Crippen LogP contribution in [0, 0.1) is 0 Å². The lowest BCUT2D eigenvalue weighted by molar-refractivity contribution is 0.0426. The van der Waals surface area contributed by atoms with Crippen molar-refractivity contribution in [1.82, 2.24) is 29.1 Å². The molecular weight excluding hydrogens is 450 g/mol. The van der Waals surface area contributed by atoms with Gasteiger partial charge in [0.05, 0.1) is 19.4 Å². The van der Waals surface area contributed by atoms with Crippen LogP contribution in [0.4, 0.5) is 5.95 Å². The summed E-state index contributed by atoms with van der Waals surface area (Å²) in [7, 11) is 4.67. The van der Waals surface area contributed by atoms with E-state index in [9.17, 15) is 9.59 Å². The summed E-state index contributed by atoms with van der Waals surface area (Å²) in [4.78, 5) is 40.2. The SMILES string of the molecule is COc1ccccc1C1=C[C@H](Cn2c(NCc3cccnc3)nc3c2c(=O)n(C)c(=O)n3C)ON1. The predicted octanol–water partition coefficient (Wildman–Crippen LogP) is 1.39. The van der Waals surface area contributed by atoms with Crippen LogP contribution >= 0.6 is 0 Å². The Balaban J connectivity index is 1.54. The summed E-state index contributed by atoms with van der Waals surface area (Å²) >= 11 is 0. The molecule has 0 fully saturated rings. The van der Waals surface area contributed by atoms with Crippen molar-refractivity contribution in [2.24, 2.45) is 14.1 Å². The Labute approximate surface area is 200 Å². The molecular formula is C24H25N7O4. The summed E-state index contributed by atoms with van der Waals surface area (Å²) in [5.41, 5.74) is 5.28. The number of rotatable bonds is 7. The maximum atomic E-state index is 13.1. The van der Waals surface area contributed by atoms with E-state index in [1.165, 1.54) is 11.6 Å². The molecule has 1 atom stereocenters. The fraction of sp³-hybridized carbons (Fsp3) is 0.250. The first kappa shape index (κ1) is 22.4. The Hall–Kier alpha value is -4.38. The molecule has 0 spiro atoms. The zero-order valence-corrected chi connectivity index (χ0v) is 19.6. The number of ether oxygens (including phenoxy) is 1. The van der Waals surface area contributed by atoms with Gasteiger partial charge in [-0.2, -0.15) is 4.98 Å². The van der Waals surface area contributed by atoms with Gasteiger partial charge in [-0.15, -0.1) is 0 Å². The van der Waals surface area contributed by atoms with Crippen molar-refractivity contribution >= 4 is 22.8 Å². The van der Waals surface area contributed by atoms with E-state index < -0.39 is 17.4 Å². The van der Waals surface area contributed by atoms with E-state index in [2.05, 4.69) is 20.8 Å². The van der Waals surface area contributed by atoms with E-state index in [0.29, 0.717) is 29.4 Å². The molecule has 1 aliphatic heterocycles. The number of hydroxylamine groups is 1. The molecule has 35 heavy (non-hydrogen) atoms. The summed E-state index contributed by atoms with van der Waals surface area (Å²) < 4.78 is 9.66. The van der Waals surface area contributed by atoms with Crippen LogP contribution in [0.15, 0.2) is 64.5 Å². The van der Waals surface area contributed by atoms with Crippen LogP contribution in [0.25, 0.3) is 16.9 Å². The first-order chi connectivity index (χ1) is 17.0. The molecule has 11 nitrogen and oxygen atoms in total. The summed E-state index contributed by atoms with van der Waals surface area (Å²) in [5, 5.41) is 3.28. The van der Waals surface area contributed by atoms with Gasteiger partial charge in [-0.1, -0.05) is 18.2 Å². The van der Waals surface area contributed by atoms with E-state index in [4.69, 9.17) is 9.57 Å². The van der Waals surface area contributed by atoms with Crippen molar-refractivity contribution in [1.29, 1.82) is 0 Å². The van der Waals surface area contributed by atoms with E-state index in [0.717, 1.165) is 21.4 Å². The van der Waals surface area contributed by atoms with Gasteiger partial charge in [0.2, 0.25) is 5.95 Å². The van der Waals surface area contributed by atoms with Gasteiger partial charge < -0.3 is 14.6 Å². The number of aromatic nitrogens is 5. The Morgan fingerprint density at radius 3 is 2.74 bits per heavy atom. The molecule has 1 aromatic carbocycles. The summed E-state index contributed by atoms with van der Waals surface area (Å²) in [6, 6.07) is 11.4. The number of methoxy groups -OCH3 is 1. The van der Waals surface area contributed by atoms with E-state index in [-0.39, 0.29) is 6.54 Å². The van der Waals surface area contributed by atoms with Crippen LogP contribution in [-0.4, -0.2) is 36.9 Å². The van der Waals surface area contributed by atoms with Gasteiger partial charge >= 0.3 is 5.69 Å². The molecule has 0 amide bonds. The Kier molecular flexibility index (Phi) is 5.83. The molecule has 5 rings (SSSR count). The molecule has 0 radical (unpaired) electrons. The quantitative estimate of drug-likeness (QED) is 0.412. The second kappa shape index (κ2) is 9.11. The van der Waals surface area contributed by atoms with Crippen molar-refractivity contribution in [3.8, 4) is 5.75 Å². The molecule has 2 N–H and O–H groups in total. The first-order valence-electron chi connectivity index (χ1n) is 11.0. The third kappa shape index (κ3) is 4.06. The molecule has 1 aliphatic rings. The number of fused-ring (bicyclic) bond motifs is 1. The van der Waals surface area contributed by atoms with Gasteiger partial charge in [-0.05, 0) is 29.8 Å². The second-order valence-electron chi connectivity index (χ2n) is 8.18. The van der Waals surface area contributed by atoms with Crippen LogP contribution in [0.5, 0.6) is 5.75 Å². The van der Waals surface area contributed by atoms with E-state index >= 15 is 0 Å². The maximum absolute atomic E-state index is 13.1. The Morgan fingerprint density at radius 1 is 1.14 bits per heavy atom. The van der Waals surface area contributed by atoms with Gasteiger partial charge in [0.15, 0.2) is 11.2 Å². The first-order valence-corrected chi connectivity index (χ1v) is 11.0. The Morgan fingerprint density at radius 2 is 1.97 bits per heavy atom. The molecule has 0 saturated carbocycles. The van der Waals surface area contributed by atoms with Crippen molar-refractivity contribution in [3.63, 3.8) is 0 Å². The van der Waals surface area contributed by atoms with E-state index in [1.807, 2.05) is 42.5 Å². The lowest BCUT2D eigenvalue weighted by Gasteiger charge is -2.13. The van der Waals surface area contributed by atoms with Crippen LogP contribution in [0.2, 0.25) is 0 Å². The molecule has 11 heteroatoms. The number of imidazole rings is 1. The molecule has 180 valence electrons. The van der Waals surface area contributed by atoms with Crippen molar-refractivity contribution in [2.45, 2.75) is 19.2 Å². The standard InChI is InChI=1S/C24H25N7O4/c1-29-21-20(22(32)30(2)24(29)33)31(23(27-21)26-13-15-7-6-10-25-12-15)14-16-11-18(28-35-16)17-8-4-5-9-19(17)34-3/h4-12,16,28H,13-14H2,1-3H3,(H,26,27)/t16-/m1/s1. The van der Waals surface area contributed by atoms with Crippen molar-refractivity contribution < 1.29 is 9.57 Å². The van der Waals surface area contributed by atoms with Gasteiger partial charge in [-0.3, -0.25) is 29.2 Å². The summed E-state index contributed by atoms with van der Waals surface area (Å²) in [5.74, 6) is 1.16. The number of aryl methyl sites for hydroxylation is 1. The van der Waals surface area contributed by atoms with Crippen molar-refractivity contribution in [2.75, 3.05) is 12.4 Å². The lowest BCUT2D eigenvalue weighted by atomic mass is 10.1. The topological polar surface area (TPSA) is 117 Å². The monoisotopic (exact) mass is 475 g/mol. The predicted molar refractivity (Wildman–Crippen MR) is 131 cm³/mol. The molecule has 0 aliphatic carbocycles. The third-order valence-electron chi connectivity index (χ3n) is 5.95. The lowest BCUT2D eigenvalue weighted by Crippen LogP contribution is -2.37. The minimum Gasteiger partial charge on any atom is -0.496 e. The van der Waals surface area contributed by atoms with Crippen LogP contribution in [0.1, 0.15) is 11.1 Å². The number of hydrogen-bond donors (Lipinski definition) is 2. The fourth-order valence-corrected chi connectivity index (χ4v) is 4.12. The van der Waals surface area contributed by atoms with Crippen molar-refractivity contribution in [3.05, 3.63) is 86.8 Å².